The summed E-state index contributed by atoms with van der Waals surface area (Å²) in [5, 5.41) is 8.56. The van der Waals surface area contributed by atoms with Crippen LogP contribution in [0.1, 0.15) is 32.6 Å². The van der Waals surface area contributed by atoms with Crippen LogP contribution in [0.2, 0.25) is 0 Å². The number of nitrogens with zero attached hydrogens (tertiary/aromatic N) is 2. The summed E-state index contributed by atoms with van der Waals surface area (Å²) in [5.74, 6) is -0.987. The first-order valence-electron chi connectivity index (χ1n) is 5.80. The van der Waals surface area contributed by atoms with E-state index < -0.39 is 16.2 Å². The van der Waals surface area contributed by atoms with Gasteiger partial charge in [-0.3, -0.25) is 4.79 Å². The maximum atomic E-state index is 12.2. The van der Waals surface area contributed by atoms with Crippen LogP contribution in [0.3, 0.4) is 0 Å². The lowest BCUT2D eigenvalue weighted by molar-refractivity contribution is -0.137. The van der Waals surface area contributed by atoms with Crippen molar-refractivity contribution in [2.24, 2.45) is 0 Å². The topological polar surface area (TPSA) is 77.9 Å². The van der Waals surface area contributed by atoms with Crippen molar-refractivity contribution >= 4 is 16.2 Å². The molecule has 0 spiro atoms. The molecule has 0 radical (unpaired) electrons. The molecule has 17 heavy (non-hydrogen) atoms. The van der Waals surface area contributed by atoms with Gasteiger partial charge in [-0.05, 0) is 19.8 Å². The minimum Gasteiger partial charge on any atom is -0.481 e. The molecule has 1 aliphatic heterocycles. The van der Waals surface area contributed by atoms with Crippen LogP contribution in [0.25, 0.3) is 0 Å². The highest BCUT2D eigenvalue weighted by molar-refractivity contribution is 7.86. The van der Waals surface area contributed by atoms with Crippen LogP contribution in [0.15, 0.2) is 0 Å². The highest BCUT2D eigenvalue weighted by Crippen LogP contribution is 2.21. The van der Waals surface area contributed by atoms with Crippen molar-refractivity contribution < 1.29 is 18.3 Å². The molecule has 1 rings (SSSR count). The minimum absolute atomic E-state index is 0.000952. The van der Waals surface area contributed by atoms with E-state index in [0.717, 1.165) is 23.6 Å². The van der Waals surface area contributed by atoms with Crippen molar-refractivity contribution in [3.05, 3.63) is 0 Å². The van der Waals surface area contributed by atoms with Crippen molar-refractivity contribution in [3.8, 4) is 0 Å². The third-order valence-electron chi connectivity index (χ3n) is 3.07. The molecule has 0 bridgehead atoms. The normalized spacial score (nSPS) is 22.9. The van der Waals surface area contributed by atoms with Crippen molar-refractivity contribution in [1.82, 2.24) is 8.61 Å². The van der Waals surface area contributed by atoms with Crippen LogP contribution in [-0.4, -0.2) is 54.3 Å². The molecule has 1 aliphatic rings. The Morgan fingerprint density at radius 1 is 1.47 bits per heavy atom. The van der Waals surface area contributed by atoms with Gasteiger partial charge in [0, 0.05) is 26.2 Å². The Bertz CT molecular complexity index is 369. The van der Waals surface area contributed by atoms with Crippen molar-refractivity contribution in [2.45, 2.75) is 38.6 Å². The highest BCUT2D eigenvalue weighted by Gasteiger charge is 2.32. The zero-order valence-corrected chi connectivity index (χ0v) is 11.1. The Balaban J connectivity index is 2.68. The van der Waals surface area contributed by atoms with Crippen LogP contribution in [0.4, 0.5) is 0 Å². The molecule has 1 N–H and O–H groups in total. The summed E-state index contributed by atoms with van der Waals surface area (Å²) in [4.78, 5) is 10.4. The van der Waals surface area contributed by atoms with Gasteiger partial charge >= 0.3 is 5.97 Å². The number of rotatable bonds is 5. The van der Waals surface area contributed by atoms with Gasteiger partial charge in [0.25, 0.3) is 10.2 Å². The Labute approximate surface area is 102 Å². The lowest BCUT2D eigenvalue weighted by Crippen LogP contribution is -2.48. The van der Waals surface area contributed by atoms with Crippen molar-refractivity contribution in [1.29, 1.82) is 0 Å². The van der Waals surface area contributed by atoms with Crippen LogP contribution in [0, 0.1) is 0 Å². The first-order chi connectivity index (χ1) is 7.85. The van der Waals surface area contributed by atoms with Crippen LogP contribution < -0.4 is 0 Å². The molecule has 7 heteroatoms. The SMILES string of the molecule is CC1CCCCN1S(=O)(=O)N(C)CCC(=O)O. The van der Waals surface area contributed by atoms with Crippen LogP contribution >= 0.6 is 0 Å². The summed E-state index contributed by atoms with van der Waals surface area (Å²) in [6.07, 6.45) is 2.62. The molecule has 0 aromatic rings. The summed E-state index contributed by atoms with van der Waals surface area (Å²) >= 11 is 0. The minimum atomic E-state index is -3.50. The molecule has 100 valence electrons. The Morgan fingerprint density at radius 2 is 2.12 bits per heavy atom. The number of carboxylic acids is 1. The quantitative estimate of drug-likeness (QED) is 0.785. The molecule has 1 fully saturated rings. The first kappa shape index (κ1) is 14.4. The average molecular weight is 264 g/mol. The maximum Gasteiger partial charge on any atom is 0.304 e. The van der Waals surface area contributed by atoms with Gasteiger partial charge < -0.3 is 5.11 Å². The second kappa shape index (κ2) is 5.79. The number of aliphatic carboxylic acids is 1. The number of hydrogen-bond donors (Lipinski definition) is 1. The largest absolute Gasteiger partial charge is 0.481 e. The van der Waals surface area contributed by atoms with Crippen molar-refractivity contribution in [3.63, 3.8) is 0 Å². The molecular weight excluding hydrogens is 244 g/mol. The molecule has 0 saturated carbocycles. The maximum absolute atomic E-state index is 12.2. The van der Waals surface area contributed by atoms with E-state index in [1.807, 2.05) is 6.92 Å². The summed E-state index contributed by atoms with van der Waals surface area (Å²) < 4.78 is 26.9. The predicted molar refractivity (Wildman–Crippen MR) is 63.8 cm³/mol. The van der Waals surface area contributed by atoms with Gasteiger partial charge in [-0.1, -0.05) is 6.42 Å². The van der Waals surface area contributed by atoms with E-state index in [9.17, 15) is 13.2 Å². The monoisotopic (exact) mass is 264 g/mol. The van der Waals surface area contributed by atoms with Crippen LogP contribution in [-0.2, 0) is 15.0 Å². The standard InChI is InChI=1S/C10H20N2O4S/c1-9-5-3-4-7-12(9)17(15,16)11(2)8-6-10(13)14/h9H,3-8H2,1-2H3,(H,13,14). The third-order valence-corrected chi connectivity index (χ3v) is 5.18. The van der Waals surface area contributed by atoms with E-state index in [1.165, 1.54) is 11.4 Å². The predicted octanol–water partition coefficient (Wildman–Crippen LogP) is 0.512. The van der Waals surface area contributed by atoms with E-state index in [0.29, 0.717) is 6.54 Å². The van der Waals surface area contributed by atoms with E-state index in [4.69, 9.17) is 5.11 Å². The molecule has 6 nitrogen and oxygen atoms in total. The molecular formula is C10H20N2O4S. The summed E-state index contributed by atoms with van der Waals surface area (Å²) in [7, 11) is -2.07. The van der Waals surface area contributed by atoms with E-state index in [2.05, 4.69) is 0 Å². The Kier molecular flexibility index (Phi) is 4.91. The van der Waals surface area contributed by atoms with Gasteiger partial charge in [0.05, 0.1) is 6.42 Å². The Hall–Kier alpha value is -0.660. The molecule has 0 amide bonds. The molecule has 1 heterocycles. The zero-order chi connectivity index (χ0) is 13.1. The van der Waals surface area contributed by atoms with E-state index >= 15 is 0 Å². The van der Waals surface area contributed by atoms with Crippen LogP contribution in [0.5, 0.6) is 0 Å². The van der Waals surface area contributed by atoms with Gasteiger partial charge in [-0.2, -0.15) is 17.0 Å². The van der Waals surface area contributed by atoms with Gasteiger partial charge in [-0.25, -0.2) is 0 Å². The number of piperidine rings is 1. The third kappa shape index (κ3) is 3.65. The smallest absolute Gasteiger partial charge is 0.304 e. The zero-order valence-electron chi connectivity index (χ0n) is 10.3. The van der Waals surface area contributed by atoms with Gasteiger partial charge in [0.15, 0.2) is 0 Å². The van der Waals surface area contributed by atoms with Gasteiger partial charge in [-0.15, -0.1) is 0 Å². The van der Waals surface area contributed by atoms with E-state index in [-0.39, 0.29) is 19.0 Å². The molecule has 0 aliphatic carbocycles. The molecule has 1 saturated heterocycles. The average Bonchev–Trinajstić information content (AvgIpc) is 2.26. The summed E-state index contributed by atoms with van der Waals surface area (Å²) in [5.41, 5.74) is 0. The molecule has 1 unspecified atom stereocenters. The second-order valence-corrected chi connectivity index (χ2v) is 6.42. The number of carbonyl (C=O) groups is 1. The lowest BCUT2D eigenvalue weighted by Gasteiger charge is -2.35. The van der Waals surface area contributed by atoms with E-state index in [1.54, 1.807) is 0 Å². The van der Waals surface area contributed by atoms with Gasteiger partial charge in [0.1, 0.15) is 0 Å². The fourth-order valence-corrected chi connectivity index (χ4v) is 3.56. The molecule has 0 aromatic heterocycles. The number of hydrogen-bond acceptors (Lipinski definition) is 3. The number of carboxylic acid groups (broad SMARTS) is 1. The summed E-state index contributed by atoms with van der Waals surface area (Å²) in [6, 6.07) is 0.000952. The van der Waals surface area contributed by atoms with Gasteiger partial charge in [0.2, 0.25) is 0 Å². The summed E-state index contributed by atoms with van der Waals surface area (Å²) in [6.45, 7) is 2.43. The fraction of sp³-hybridized carbons (Fsp3) is 0.900. The molecule has 1 atom stereocenters. The first-order valence-corrected chi connectivity index (χ1v) is 7.20. The Morgan fingerprint density at radius 3 is 2.65 bits per heavy atom. The molecule has 0 aromatic carbocycles. The van der Waals surface area contributed by atoms with Crippen molar-refractivity contribution in [2.75, 3.05) is 20.1 Å². The fourth-order valence-electron chi connectivity index (χ4n) is 1.96. The lowest BCUT2D eigenvalue weighted by atomic mass is 10.1. The highest BCUT2D eigenvalue weighted by atomic mass is 32.2. The second-order valence-electron chi connectivity index (χ2n) is 4.43.